The number of anilines is 1. The van der Waals surface area contributed by atoms with Crippen molar-refractivity contribution < 1.29 is 18.9 Å². The summed E-state index contributed by atoms with van der Waals surface area (Å²) in [6.45, 7) is 1.58. The first-order valence-corrected chi connectivity index (χ1v) is 8.15. The number of aromatic nitrogens is 1. The third-order valence-corrected chi connectivity index (χ3v) is 3.59. The summed E-state index contributed by atoms with van der Waals surface area (Å²) in [5.74, 6) is 0.225. The first-order valence-electron chi connectivity index (χ1n) is 8.15. The second kappa shape index (κ2) is 8.80. The van der Waals surface area contributed by atoms with Gasteiger partial charge in [-0.2, -0.15) is 0 Å². The fourth-order valence-electron chi connectivity index (χ4n) is 2.21. The Morgan fingerprint density at radius 2 is 1.81 bits per heavy atom. The van der Waals surface area contributed by atoms with Crippen LogP contribution in [0.2, 0.25) is 0 Å². The highest BCUT2D eigenvalue weighted by atomic mass is 16.5. The van der Waals surface area contributed by atoms with Crippen LogP contribution in [-0.2, 0) is 16.0 Å². The lowest BCUT2D eigenvalue weighted by atomic mass is 10.1. The van der Waals surface area contributed by atoms with Crippen molar-refractivity contribution in [3.05, 3.63) is 47.2 Å². The first kappa shape index (κ1) is 19.2. The molecular formula is C18H22N4O4. The van der Waals surface area contributed by atoms with Gasteiger partial charge < -0.3 is 20.1 Å². The molecule has 0 spiro atoms. The Hall–Kier alpha value is -3.16. The Morgan fingerprint density at radius 1 is 1.12 bits per heavy atom. The zero-order valence-corrected chi connectivity index (χ0v) is 15.0. The van der Waals surface area contributed by atoms with E-state index in [1.807, 2.05) is 12.1 Å². The smallest absolute Gasteiger partial charge is 0.253 e. The molecule has 0 bridgehead atoms. The highest BCUT2D eigenvalue weighted by Gasteiger charge is 2.10. The molecule has 3 amide bonds. The minimum absolute atomic E-state index is 0.0670. The van der Waals surface area contributed by atoms with Crippen LogP contribution in [-0.4, -0.2) is 48.4 Å². The molecule has 8 heteroatoms. The van der Waals surface area contributed by atoms with Crippen LogP contribution < -0.4 is 10.6 Å². The van der Waals surface area contributed by atoms with Gasteiger partial charge in [0.25, 0.3) is 5.91 Å². The van der Waals surface area contributed by atoms with E-state index < -0.39 is 0 Å². The highest BCUT2D eigenvalue weighted by Crippen LogP contribution is 2.09. The average Bonchev–Trinajstić information content (AvgIpc) is 3.02. The molecule has 0 atom stereocenters. The van der Waals surface area contributed by atoms with Crippen molar-refractivity contribution in [2.75, 3.05) is 26.0 Å². The van der Waals surface area contributed by atoms with Gasteiger partial charge in [0.1, 0.15) is 5.76 Å². The third-order valence-electron chi connectivity index (χ3n) is 3.59. The SMILES string of the molecule is Cc1cc(NC(=O)CNC(=O)CCc2ccc(C(=O)N(C)C)cc2)no1. The van der Waals surface area contributed by atoms with E-state index >= 15 is 0 Å². The van der Waals surface area contributed by atoms with Gasteiger partial charge in [0.15, 0.2) is 5.82 Å². The maximum atomic E-state index is 11.9. The lowest BCUT2D eigenvalue weighted by molar-refractivity contribution is -0.124. The number of benzene rings is 1. The second-order valence-corrected chi connectivity index (χ2v) is 6.04. The minimum Gasteiger partial charge on any atom is -0.360 e. The van der Waals surface area contributed by atoms with Gasteiger partial charge in [-0.15, -0.1) is 0 Å². The first-order chi connectivity index (χ1) is 12.3. The zero-order valence-electron chi connectivity index (χ0n) is 15.0. The van der Waals surface area contributed by atoms with Crippen molar-refractivity contribution in [1.29, 1.82) is 0 Å². The Labute approximate surface area is 151 Å². The number of nitrogens with one attached hydrogen (secondary N) is 2. The van der Waals surface area contributed by atoms with Gasteiger partial charge in [0.05, 0.1) is 6.54 Å². The van der Waals surface area contributed by atoms with E-state index in [-0.39, 0.29) is 30.7 Å². The topological polar surface area (TPSA) is 105 Å². The molecule has 0 aliphatic carbocycles. The van der Waals surface area contributed by atoms with Crippen molar-refractivity contribution in [2.24, 2.45) is 0 Å². The van der Waals surface area contributed by atoms with E-state index in [1.165, 1.54) is 4.90 Å². The quantitative estimate of drug-likeness (QED) is 0.778. The predicted molar refractivity (Wildman–Crippen MR) is 95.7 cm³/mol. The largest absolute Gasteiger partial charge is 0.360 e. The van der Waals surface area contributed by atoms with Gasteiger partial charge in [-0.3, -0.25) is 14.4 Å². The number of hydrogen-bond acceptors (Lipinski definition) is 5. The van der Waals surface area contributed by atoms with Crippen LogP contribution in [0.15, 0.2) is 34.9 Å². The molecule has 2 aromatic rings. The Morgan fingerprint density at radius 3 is 2.38 bits per heavy atom. The number of nitrogens with zero attached hydrogens (tertiary/aromatic N) is 2. The van der Waals surface area contributed by atoms with Crippen LogP contribution in [0.3, 0.4) is 0 Å². The van der Waals surface area contributed by atoms with E-state index in [2.05, 4.69) is 15.8 Å². The van der Waals surface area contributed by atoms with E-state index in [0.29, 0.717) is 23.6 Å². The molecule has 2 N–H and O–H groups in total. The summed E-state index contributed by atoms with van der Waals surface area (Å²) < 4.78 is 4.84. The fraction of sp³-hybridized carbons (Fsp3) is 0.333. The molecule has 8 nitrogen and oxygen atoms in total. The molecular weight excluding hydrogens is 336 g/mol. The summed E-state index contributed by atoms with van der Waals surface area (Å²) in [5, 5.41) is 8.72. The summed E-state index contributed by atoms with van der Waals surface area (Å²) in [5.41, 5.74) is 1.54. The van der Waals surface area contributed by atoms with Gasteiger partial charge in [-0.1, -0.05) is 17.3 Å². The van der Waals surface area contributed by atoms with Crippen LogP contribution >= 0.6 is 0 Å². The lowest BCUT2D eigenvalue weighted by Gasteiger charge is -2.10. The minimum atomic E-state index is -0.377. The van der Waals surface area contributed by atoms with Crippen molar-refractivity contribution in [3.63, 3.8) is 0 Å². The molecule has 1 aromatic heterocycles. The number of carbonyl (C=O) groups excluding carboxylic acids is 3. The molecule has 138 valence electrons. The van der Waals surface area contributed by atoms with Crippen LogP contribution in [0.5, 0.6) is 0 Å². The summed E-state index contributed by atoms with van der Waals surface area (Å²) >= 11 is 0. The van der Waals surface area contributed by atoms with Crippen LogP contribution in [0.4, 0.5) is 5.82 Å². The van der Waals surface area contributed by atoms with E-state index in [1.54, 1.807) is 39.2 Å². The van der Waals surface area contributed by atoms with E-state index in [0.717, 1.165) is 5.56 Å². The zero-order chi connectivity index (χ0) is 19.1. The molecule has 26 heavy (non-hydrogen) atoms. The Bertz CT molecular complexity index is 781. The van der Waals surface area contributed by atoms with Crippen molar-refractivity contribution >= 4 is 23.5 Å². The average molecular weight is 358 g/mol. The standard InChI is InChI=1S/C18H22N4O4/c1-12-10-15(21-26-12)20-17(24)11-19-16(23)9-6-13-4-7-14(8-5-13)18(25)22(2)3/h4-5,7-8,10H,6,9,11H2,1-3H3,(H,19,23)(H,20,21,24). The van der Waals surface area contributed by atoms with Crippen LogP contribution in [0, 0.1) is 6.92 Å². The lowest BCUT2D eigenvalue weighted by Crippen LogP contribution is -2.33. The Balaban J connectivity index is 1.72. The molecule has 0 aliphatic heterocycles. The number of hydrogen-bond donors (Lipinski definition) is 2. The molecule has 2 rings (SSSR count). The summed E-state index contributed by atoms with van der Waals surface area (Å²) in [4.78, 5) is 36.9. The van der Waals surface area contributed by atoms with Crippen LogP contribution in [0.1, 0.15) is 28.1 Å². The maximum absolute atomic E-state index is 11.9. The fourth-order valence-corrected chi connectivity index (χ4v) is 2.21. The van der Waals surface area contributed by atoms with Crippen molar-refractivity contribution in [1.82, 2.24) is 15.4 Å². The van der Waals surface area contributed by atoms with Gasteiger partial charge in [0.2, 0.25) is 11.8 Å². The summed E-state index contributed by atoms with van der Waals surface area (Å²) in [6, 6.07) is 8.71. The van der Waals surface area contributed by atoms with Gasteiger partial charge in [0, 0.05) is 32.1 Å². The molecule has 1 heterocycles. The number of amides is 3. The van der Waals surface area contributed by atoms with Gasteiger partial charge >= 0.3 is 0 Å². The van der Waals surface area contributed by atoms with E-state index in [9.17, 15) is 14.4 Å². The maximum Gasteiger partial charge on any atom is 0.253 e. The Kier molecular flexibility index (Phi) is 6.48. The summed E-state index contributed by atoms with van der Waals surface area (Å²) in [7, 11) is 3.39. The monoisotopic (exact) mass is 358 g/mol. The molecule has 0 saturated heterocycles. The normalized spacial score (nSPS) is 10.3. The van der Waals surface area contributed by atoms with E-state index in [4.69, 9.17) is 4.52 Å². The molecule has 0 fully saturated rings. The second-order valence-electron chi connectivity index (χ2n) is 6.04. The number of rotatable bonds is 7. The van der Waals surface area contributed by atoms with Gasteiger partial charge in [-0.05, 0) is 31.0 Å². The van der Waals surface area contributed by atoms with Crippen LogP contribution in [0.25, 0.3) is 0 Å². The molecule has 1 aromatic carbocycles. The number of carbonyl (C=O) groups is 3. The number of aryl methyl sites for hydroxylation is 2. The molecule has 0 unspecified atom stereocenters. The van der Waals surface area contributed by atoms with Gasteiger partial charge in [-0.25, -0.2) is 0 Å². The molecule has 0 aliphatic rings. The van der Waals surface area contributed by atoms with Crippen molar-refractivity contribution in [2.45, 2.75) is 19.8 Å². The predicted octanol–water partition coefficient (Wildman–Crippen LogP) is 1.37. The summed E-state index contributed by atoms with van der Waals surface area (Å²) in [6.07, 6.45) is 0.768. The highest BCUT2D eigenvalue weighted by molar-refractivity contribution is 5.94. The third kappa shape index (κ3) is 5.73. The molecule has 0 saturated carbocycles. The molecule has 0 radical (unpaired) electrons. The van der Waals surface area contributed by atoms with Crippen molar-refractivity contribution in [3.8, 4) is 0 Å².